The van der Waals surface area contributed by atoms with Gasteiger partial charge in [-0.3, -0.25) is 14.6 Å². The van der Waals surface area contributed by atoms with Crippen LogP contribution in [0.15, 0.2) is 18.2 Å². The van der Waals surface area contributed by atoms with E-state index in [0.717, 1.165) is 29.8 Å². The Hall–Kier alpha value is -1.57. The second-order valence-electron chi connectivity index (χ2n) is 6.76. The standard InChI is InChI=1S/C17H23N5OS/c23-16(18-14-6-3-7-15-17(14)20-24-19-15)12-21-8-4-5-13(11-21)22-9-1-2-10-22/h3,6-7,13H,1-2,4-5,8-12H2,(H,18,23)/t13-/m1/s1. The number of hydrogen-bond acceptors (Lipinski definition) is 6. The minimum absolute atomic E-state index is 0.0394. The number of hydrogen-bond donors (Lipinski definition) is 1. The Morgan fingerprint density at radius 1 is 1.21 bits per heavy atom. The first-order valence-electron chi connectivity index (χ1n) is 8.77. The lowest BCUT2D eigenvalue weighted by molar-refractivity contribution is -0.117. The van der Waals surface area contributed by atoms with Gasteiger partial charge in [0.15, 0.2) is 0 Å². The van der Waals surface area contributed by atoms with E-state index in [1.807, 2.05) is 18.2 Å². The molecular formula is C17H23N5OS. The summed E-state index contributed by atoms with van der Waals surface area (Å²) in [4.78, 5) is 17.4. The van der Waals surface area contributed by atoms with Crippen molar-refractivity contribution in [2.45, 2.75) is 31.7 Å². The van der Waals surface area contributed by atoms with Crippen molar-refractivity contribution in [3.05, 3.63) is 18.2 Å². The van der Waals surface area contributed by atoms with Gasteiger partial charge in [-0.25, -0.2) is 0 Å². The minimum Gasteiger partial charge on any atom is -0.323 e. The number of likely N-dealkylation sites (tertiary alicyclic amines) is 2. The van der Waals surface area contributed by atoms with Gasteiger partial charge in [-0.05, 0) is 57.5 Å². The van der Waals surface area contributed by atoms with Crippen LogP contribution in [0.25, 0.3) is 11.0 Å². The molecule has 0 bridgehead atoms. The number of benzene rings is 1. The molecule has 2 aliphatic rings. The molecule has 2 aliphatic heterocycles. The lowest BCUT2D eigenvalue weighted by Gasteiger charge is -2.37. The van der Waals surface area contributed by atoms with E-state index in [4.69, 9.17) is 0 Å². The van der Waals surface area contributed by atoms with E-state index in [-0.39, 0.29) is 5.91 Å². The van der Waals surface area contributed by atoms with Crippen LogP contribution >= 0.6 is 11.7 Å². The van der Waals surface area contributed by atoms with Gasteiger partial charge in [0.05, 0.1) is 24.0 Å². The highest BCUT2D eigenvalue weighted by Gasteiger charge is 2.27. The lowest BCUT2D eigenvalue weighted by Crippen LogP contribution is -2.48. The zero-order valence-corrected chi connectivity index (χ0v) is 14.6. The molecule has 2 saturated heterocycles. The number of carbonyl (C=O) groups is 1. The van der Waals surface area contributed by atoms with Crippen molar-refractivity contribution in [3.8, 4) is 0 Å². The Morgan fingerprint density at radius 3 is 2.96 bits per heavy atom. The van der Waals surface area contributed by atoms with E-state index in [1.54, 1.807) is 0 Å². The Balaban J connectivity index is 1.36. The number of nitrogens with zero attached hydrogens (tertiary/aromatic N) is 4. The molecule has 0 radical (unpaired) electrons. The second kappa shape index (κ2) is 7.13. The molecule has 7 heteroatoms. The lowest BCUT2D eigenvalue weighted by atomic mass is 10.0. The fourth-order valence-corrected chi connectivity index (χ4v) is 4.43. The van der Waals surface area contributed by atoms with Gasteiger partial charge in [0.1, 0.15) is 11.0 Å². The zero-order chi connectivity index (χ0) is 16.4. The third-order valence-corrected chi connectivity index (χ3v) is 5.61. The molecule has 2 aromatic rings. The van der Waals surface area contributed by atoms with Crippen molar-refractivity contribution in [3.63, 3.8) is 0 Å². The Kier molecular flexibility index (Phi) is 4.73. The van der Waals surface area contributed by atoms with Crippen LogP contribution in [0.1, 0.15) is 25.7 Å². The van der Waals surface area contributed by atoms with Crippen molar-refractivity contribution in [1.29, 1.82) is 0 Å². The highest BCUT2D eigenvalue weighted by molar-refractivity contribution is 7.00. The number of anilines is 1. The molecule has 1 aromatic heterocycles. The molecule has 1 atom stereocenters. The van der Waals surface area contributed by atoms with E-state index >= 15 is 0 Å². The largest absolute Gasteiger partial charge is 0.323 e. The molecule has 2 fully saturated rings. The molecule has 1 N–H and O–H groups in total. The highest BCUT2D eigenvalue weighted by Crippen LogP contribution is 2.22. The molecule has 128 valence electrons. The van der Waals surface area contributed by atoms with Crippen LogP contribution in [0.2, 0.25) is 0 Å². The fraction of sp³-hybridized carbons (Fsp3) is 0.588. The average molecular weight is 345 g/mol. The van der Waals surface area contributed by atoms with Crippen LogP contribution in [0, 0.1) is 0 Å². The summed E-state index contributed by atoms with van der Waals surface area (Å²) in [5, 5.41) is 3.01. The van der Waals surface area contributed by atoms with Gasteiger partial charge < -0.3 is 5.32 Å². The van der Waals surface area contributed by atoms with E-state index in [0.29, 0.717) is 12.6 Å². The number of piperidine rings is 1. The summed E-state index contributed by atoms with van der Waals surface area (Å²) in [5.41, 5.74) is 2.38. The van der Waals surface area contributed by atoms with Crippen LogP contribution in [-0.2, 0) is 4.79 Å². The molecule has 6 nitrogen and oxygen atoms in total. The molecule has 3 heterocycles. The Bertz CT molecular complexity index is 712. The molecule has 1 aromatic carbocycles. The van der Waals surface area contributed by atoms with Crippen LogP contribution in [0.3, 0.4) is 0 Å². The molecule has 0 unspecified atom stereocenters. The maximum Gasteiger partial charge on any atom is 0.238 e. The van der Waals surface area contributed by atoms with Gasteiger partial charge >= 0.3 is 0 Å². The highest BCUT2D eigenvalue weighted by atomic mass is 32.1. The van der Waals surface area contributed by atoms with E-state index in [9.17, 15) is 4.79 Å². The number of amides is 1. The van der Waals surface area contributed by atoms with Crippen LogP contribution in [0.5, 0.6) is 0 Å². The molecule has 0 saturated carbocycles. The first kappa shape index (κ1) is 15.9. The quantitative estimate of drug-likeness (QED) is 0.920. The Labute approximate surface area is 146 Å². The predicted octanol–water partition coefficient (Wildman–Crippen LogP) is 2.19. The average Bonchev–Trinajstić information content (AvgIpc) is 3.27. The first-order valence-corrected chi connectivity index (χ1v) is 9.50. The minimum atomic E-state index is 0.0394. The number of fused-ring (bicyclic) bond motifs is 1. The van der Waals surface area contributed by atoms with Gasteiger partial charge in [0.2, 0.25) is 5.91 Å². The topological polar surface area (TPSA) is 61.4 Å². The van der Waals surface area contributed by atoms with E-state index in [2.05, 4.69) is 23.9 Å². The number of carbonyl (C=O) groups excluding carboxylic acids is 1. The van der Waals surface area contributed by atoms with Gasteiger partial charge in [-0.2, -0.15) is 8.75 Å². The smallest absolute Gasteiger partial charge is 0.238 e. The van der Waals surface area contributed by atoms with E-state index < -0.39 is 0 Å². The van der Waals surface area contributed by atoms with Gasteiger partial charge in [0, 0.05) is 12.6 Å². The van der Waals surface area contributed by atoms with Crippen LogP contribution < -0.4 is 5.32 Å². The molecule has 4 rings (SSSR count). The molecule has 0 spiro atoms. The third kappa shape index (κ3) is 3.43. The van der Waals surface area contributed by atoms with Crippen LogP contribution in [-0.4, -0.2) is 63.2 Å². The number of rotatable bonds is 4. The predicted molar refractivity (Wildman–Crippen MR) is 96.3 cm³/mol. The third-order valence-electron chi connectivity index (χ3n) is 5.07. The van der Waals surface area contributed by atoms with Crippen molar-refractivity contribution in [1.82, 2.24) is 18.5 Å². The molecule has 24 heavy (non-hydrogen) atoms. The number of aromatic nitrogens is 2. The number of nitrogens with one attached hydrogen (secondary N) is 1. The maximum absolute atomic E-state index is 12.5. The second-order valence-corrected chi connectivity index (χ2v) is 7.29. The molecule has 0 aliphatic carbocycles. The van der Waals surface area contributed by atoms with Crippen LogP contribution in [0.4, 0.5) is 5.69 Å². The summed E-state index contributed by atoms with van der Waals surface area (Å²) >= 11 is 1.18. The maximum atomic E-state index is 12.5. The first-order chi connectivity index (χ1) is 11.8. The van der Waals surface area contributed by atoms with Gasteiger partial charge in [-0.1, -0.05) is 6.07 Å². The summed E-state index contributed by atoms with van der Waals surface area (Å²) in [5.74, 6) is 0.0394. The van der Waals surface area contributed by atoms with Crippen molar-refractivity contribution in [2.24, 2.45) is 0 Å². The van der Waals surface area contributed by atoms with Gasteiger partial charge in [-0.15, -0.1) is 0 Å². The monoisotopic (exact) mass is 345 g/mol. The summed E-state index contributed by atoms with van der Waals surface area (Å²) in [6.45, 7) is 4.93. The zero-order valence-electron chi connectivity index (χ0n) is 13.8. The van der Waals surface area contributed by atoms with E-state index in [1.165, 1.54) is 50.5 Å². The molecule has 1 amide bonds. The SMILES string of the molecule is O=C(CN1CCC[C@@H](N2CCCC2)C1)Nc1cccc2nsnc12. The fourth-order valence-electron chi connectivity index (χ4n) is 3.88. The summed E-state index contributed by atoms with van der Waals surface area (Å²) < 4.78 is 8.50. The summed E-state index contributed by atoms with van der Waals surface area (Å²) in [6.07, 6.45) is 5.09. The Morgan fingerprint density at radius 2 is 2.08 bits per heavy atom. The normalized spacial score (nSPS) is 22.9. The summed E-state index contributed by atoms with van der Waals surface area (Å²) in [7, 11) is 0. The van der Waals surface area contributed by atoms with Crippen molar-refractivity contribution in [2.75, 3.05) is 38.0 Å². The molecular weight excluding hydrogens is 322 g/mol. The summed E-state index contributed by atoms with van der Waals surface area (Å²) in [6, 6.07) is 6.34. The van der Waals surface area contributed by atoms with Crippen molar-refractivity contribution >= 4 is 34.4 Å². The van der Waals surface area contributed by atoms with Crippen molar-refractivity contribution < 1.29 is 4.79 Å². The van der Waals surface area contributed by atoms with Gasteiger partial charge in [0.25, 0.3) is 0 Å².